The Balaban J connectivity index is 1.90. The standard InChI is InChI=1S/C19H19NO2/c1-13-8-9-14(2)17(10-13)20-18(21)11-16(12-19(20)22)15-6-4-3-5-7-15/h3-10,16H,11-12H2,1-2H3. The number of nitrogens with zero attached hydrogens (tertiary/aromatic N) is 1. The summed E-state index contributed by atoms with van der Waals surface area (Å²) in [7, 11) is 0. The highest BCUT2D eigenvalue weighted by Gasteiger charge is 2.34. The molecule has 1 fully saturated rings. The SMILES string of the molecule is Cc1ccc(C)c(N2C(=O)CC(c3ccccc3)CC2=O)c1. The van der Waals surface area contributed by atoms with Crippen molar-refractivity contribution in [3.05, 3.63) is 65.2 Å². The van der Waals surface area contributed by atoms with Crippen LogP contribution in [0.1, 0.15) is 35.4 Å². The molecular weight excluding hydrogens is 274 g/mol. The number of piperidine rings is 1. The van der Waals surface area contributed by atoms with Gasteiger partial charge in [0.15, 0.2) is 0 Å². The first-order chi connectivity index (χ1) is 10.6. The summed E-state index contributed by atoms with van der Waals surface area (Å²) >= 11 is 0. The van der Waals surface area contributed by atoms with Crippen LogP contribution in [0.25, 0.3) is 0 Å². The van der Waals surface area contributed by atoms with E-state index in [9.17, 15) is 9.59 Å². The summed E-state index contributed by atoms with van der Waals surface area (Å²) in [6.45, 7) is 3.90. The molecule has 1 aliphatic rings. The van der Waals surface area contributed by atoms with Gasteiger partial charge in [-0.1, -0.05) is 42.5 Å². The Hall–Kier alpha value is -2.42. The van der Waals surface area contributed by atoms with E-state index in [4.69, 9.17) is 0 Å². The van der Waals surface area contributed by atoms with Crippen LogP contribution in [0.2, 0.25) is 0 Å². The molecule has 2 aromatic carbocycles. The van der Waals surface area contributed by atoms with Crippen LogP contribution in [0, 0.1) is 13.8 Å². The minimum absolute atomic E-state index is 0.0115. The van der Waals surface area contributed by atoms with Gasteiger partial charge in [0.25, 0.3) is 0 Å². The average Bonchev–Trinajstić information content (AvgIpc) is 2.51. The van der Waals surface area contributed by atoms with Crippen molar-refractivity contribution in [3.63, 3.8) is 0 Å². The van der Waals surface area contributed by atoms with E-state index in [0.29, 0.717) is 12.8 Å². The van der Waals surface area contributed by atoms with E-state index in [0.717, 1.165) is 22.4 Å². The van der Waals surface area contributed by atoms with E-state index in [1.54, 1.807) is 0 Å². The maximum absolute atomic E-state index is 12.6. The van der Waals surface area contributed by atoms with Gasteiger partial charge in [0.1, 0.15) is 0 Å². The zero-order valence-electron chi connectivity index (χ0n) is 12.9. The molecule has 1 heterocycles. The van der Waals surface area contributed by atoms with Gasteiger partial charge in [0.2, 0.25) is 11.8 Å². The van der Waals surface area contributed by atoms with Crippen molar-refractivity contribution >= 4 is 17.5 Å². The number of hydrogen-bond donors (Lipinski definition) is 0. The lowest BCUT2D eigenvalue weighted by molar-refractivity contribution is -0.129. The van der Waals surface area contributed by atoms with Crippen LogP contribution in [-0.2, 0) is 9.59 Å². The molecular formula is C19H19NO2. The minimum Gasteiger partial charge on any atom is -0.274 e. The fourth-order valence-corrected chi connectivity index (χ4v) is 3.01. The van der Waals surface area contributed by atoms with E-state index < -0.39 is 0 Å². The highest BCUT2D eigenvalue weighted by atomic mass is 16.2. The Morgan fingerprint density at radius 2 is 1.55 bits per heavy atom. The van der Waals surface area contributed by atoms with Crippen molar-refractivity contribution in [1.82, 2.24) is 0 Å². The number of hydrogen-bond acceptors (Lipinski definition) is 2. The molecule has 3 rings (SSSR count). The first kappa shape index (κ1) is 14.5. The summed E-state index contributed by atoms with van der Waals surface area (Å²) in [6, 6.07) is 15.7. The van der Waals surface area contributed by atoms with Crippen LogP contribution in [0.15, 0.2) is 48.5 Å². The third-order valence-corrected chi connectivity index (χ3v) is 4.22. The van der Waals surface area contributed by atoms with Gasteiger partial charge < -0.3 is 0 Å². The molecule has 3 nitrogen and oxygen atoms in total. The van der Waals surface area contributed by atoms with Gasteiger partial charge in [-0.2, -0.15) is 0 Å². The molecule has 1 saturated heterocycles. The lowest BCUT2D eigenvalue weighted by atomic mass is 9.88. The highest BCUT2D eigenvalue weighted by Crippen LogP contribution is 2.33. The molecule has 0 N–H and O–H groups in total. The van der Waals surface area contributed by atoms with Crippen LogP contribution >= 0.6 is 0 Å². The summed E-state index contributed by atoms with van der Waals surface area (Å²) in [5.74, 6) is -0.236. The molecule has 0 atom stereocenters. The second kappa shape index (κ2) is 5.76. The average molecular weight is 293 g/mol. The Bertz CT molecular complexity index is 703. The molecule has 0 unspecified atom stereocenters. The molecule has 0 saturated carbocycles. The second-order valence-electron chi connectivity index (χ2n) is 5.93. The molecule has 0 spiro atoms. The predicted molar refractivity (Wildman–Crippen MR) is 86.8 cm³/mol. The number of anilines is 1. The molecule has 0 aromatic heterocycles. The Labute approximate surface area is 130 Å². The van der Waals surface area contributed by atoms with E-state index in [1.807, 2.05) is 62.4 Å². The Kier molecular flexibility index (Phi) is 3.80. The molecule has 1 aliphatic heterocycles. The molecule has 3 heteroatoms. The van der Waals surface area contributed by atoms with Crippen molar-refractivity contribution in [2.24, 2.45) is 0 Å². The van der Waals surface area contributed by atoms with Crippen LogP contribution in [-0.4, -0.2) is 11.8 Å². The first-order valence-corrected chi connectivity index (χ1v) is 7.54. The van der Waals surface area contributed by atoms with Crippen LogP contribution in [0.3, 0.4) is 0 Å². The zero-order valence-corrected chi connectivity index (χ0v) is 12.9. The maximum atomic E-state index is 12.6. The molecule has 0 aliphatic carbocycles. The van der Waals surface area contributed by atoms with Crippen LogP contribution in [0.5, 0.6) is 0 Å². The van der Waals surface area contributed by atoms with Crippen LogP contribution in [0.4, 0.5) is 5.69 Å². The number of rotatable bonds is 2. The first-order valence-electron chi connectivity index (χ1n) is 7.54. The van der Waals surface area contributed by atoms with Crippen molar-refractivity contribution in [3.8, 4) is 0 Å². The Morgan fingerprint density at radius 1 is 0.909 bits per heavy atom. The van der Waals surface area contributed by atoms with Crippen molar-refractivity contribution in [2.75, 3.05) is 4.90 Å². The van der Waals surface area contributed by atoms with Gasteiger partial charge in [0, 0.05) is 18.8 Å². The molecule has 22 heavy (non-hydrogen) atoms. The molecule has 0 radical (unpaired) electrons. The fraction of sp³-hybridized carbons (Fsp3) is 0.263. The number of carbonyl (C=O) groups excluding carboxylic acids is 2. The molecule has 0 bridgehead atoms. The smallest absolute Gasteiger partial charge is 0.234 e. The summed E-state index contributed by atoms with van der Waals surface area (Å²) in [5, 5.41) is 0. The van der Waals surface area contributed by atoms with Crippen LogP contribution < -0.4 is 4.90 Å². The van der Waals surface area contributed by atoms with Crippen molar-refractivity contribution in [1.29, 1.82) is 0 Å². The summed E-state index contributed by atoms with van der Waals surface area (Å²) in [5.41, 5.74) is 3.78. The third-order valence-electron chi connectivity index (χ3n) is 4.22. The van der Waals surface area contributed by atoms with Gasteiger partial charge in [-0.25, -0.2) is 0 Å². The van der Waals surface area contributed by atoms with Gasteiger partial charge in [-0.3, -0.25) is 14.5 Å². The van der Waals surface area contributed by atoms with Gasteiger partial charge in [-0.05, 0) is 36.6 Å². The van der Waals surface area contributed by atoms with Crippen molar-refractivity contribution in [2.45, 2.75) is 32.6 Å². The highest BCUT2D eigenvalue weighted by molar-refractivity contribution is 6.17. The monoisotopic (exact) mass is 293 g/mol. The number of imide groups is 1. The third kappa shape index (κ3) is 2.67. The Morgan fingerprint density at radius 3 is 2.18 bits per heavy atom. The summed E-state index contributed by atoms with van der Waals surface area (Å²) in [6.07, 6.45) is 0.756. The molecule has 112 valence electrons. The summed E-state index contributed by atoms with van der Waals surface area (Å²) < 4.78 is 0. The number of aryl methyl sites for hydroxylation is 2. The number of carbonyl (C=O) groups is 2. The largest absolute Gasteiger partial charge is 0.274 e. The zero-order chi connectivity index (χ0) is 15.7. The number of benzene rings is 2. The fourth-order valence-electron chi connectivity index (χ4n) is 3.01. The quantitative estimate of drug-likeness (QED) is 0.791. The molecule has 2 aromatic rings. The maximum Gasteiger partial charge on any atom is 0.234 e. The van der Waals surface area contributed by atoms with Gasteiger partial charge in [0.05, 0.1) is 5.69 Å². The normalized spacial score (nSPS) is 16.2. The lowest BCUT2D eigenvalue weighted by Crippen LogP contribution is -2.43. The predicted octanol–water partition coefficient (Wildman–Crippen LogP) is 3.74. The van der Waals surface area contributed by atoms with Crippen molar-refractivity contribution < 1.29 is 9.59 Å². The second-order valence-corrected chi connectivity index (χ2v) is 5.93. The van der Waals surface area contributed by atoms with Gasteiger partial charge >= 0.3 is 0 Å². The minimum atomic E-state index is -0.112. The lowest BCUT2D eigenvalue weighted by Gasteiger charge is -2.31. The van der Waals surface area contributed by atoms with E-state index in [1.165, 1.54) is 4.90 Å². The van der Waals surface area contributed by atoms with E-state index >= 15 is 0 Å². The molecule has 2 amide bonds. The summed E-state index contributed by atoms with van der Waals surface area (Å²) in [4.78, 5) is 26.5. The van der Waals surface area contributed by atoms with E-state index in [2.05, 4.69) is 0 Å². The van der Waals surface area contributed by atoms with E-state index in [-0.39, 0.29) is 17.7 Å². The number of amides is 2. The van der Waals surface area contributed by atoms with Gasteiger partial charge in [-0.15, -0.1) is 0 Å². The topological polar surface area (TPSA) is 37.4 Å².